The predicted octanol–water partition coefficient (Wildman–Crippen LogP) is 2.26. The minimum atomic E-state index is -0.444. The van der Waals surface area contributed by atoms with E-state index >= 15 is 0 Å². The van der Waals surface area contributed by atoms with Gasteiger partial charge in [-0.05, 0) is 29.8 Å². The Bertz CT molecular complexity index is 1110. The molecule has 134 valence electrons. The van der Waals surface area contributed by atoms with Crippen LogP contribution in [-0.2, 0) is 6.42 Å². The Balaban J connectivity index is 1.54. The largest absolute Gasteiger partial charge is 0.461 e. The Kier molecular flexibility index (Phi) is 4.32. The summed E-state index contributed by atoms with van der Waals surface area (Å²) in [6, 6.07) is 13.3. The van der Waals surface area contributed by atoms with E-state index in [2.05, 4.69) is 25.7 Å². The third-order valence-corrected chi connectivity index (χ3v) is 3.73. The zero-order valence-electron chi connectivity index (χ0n) is 13.9. The van der Waals surface area contributed by atoms with E-state index in [1.807, 2.05) is 12.1 Å². The van der Waals surface area contributed by atoms with Gasteiger partial charge < -0.3 is 14.3 Å². The summed E-state index contributed by atoms with van der Waals surface area (Å²) >= 11 is 0. The van der Waals surface area contributed by atoms with Gasteiger partial charge in [0.1, 0.15) is 5.69 Å². The highest BCUT2D eigenvalue weighted by atomic mass is 16.5. The molecule has 3 heterocycles. The van der Waals surface area contributed by atoms with Gasteiger partial charge in [-0.25, -0.2) is 5.10 Å². The maximum Gasteiger partial charge on any atom is 0.276 e. The number of anilines is 1. The van der Waals surface area contributed by atoms with Gasteiger partial charge in [0.15, 0.2) is 5.76 Å². The highest BCUT2D eigenvalue weighted by Gasteiger charge is 2.15. The van der Waals surface area contributed by atoms with Crippen molar-refractivity contribution in [2.45, 2.75) is 6.42 Å². The normalized spacial score (nSPS) is 10.7. The second-order valence-electron chi connectivity index (χ2n) is 5.58. The molecule has 9 nitrogen and oxygen atoms in total. The summed E-state index contributed by atoms with van der Waals surface area (Å²) < 4.78 is 10.5. The van der Waals surface area contributed by atoms with Crippen LogP contribution in [0.15, 0.2) is 68.5 Å². The van der Waals surface area contributed by atoms with Crippen LogP contribution in [0.1, 0.15) is 21.9 Å². The number of hydrogen-bond donors (Lipinski definition) is 2. The Morgan fingerprint density at radius 2 is 2.00 bits per heavy atom. The molecule has 0 saturated carbocycles. The van der Waals surface area contributed by atoms with Crippen LogP contribution in [0.3, 0.4) is 0 Å². The van der Waals surface area contributed by atoms with Crippen molar-refractivity contribution in [2.24, 2.45) is 0 Å². The second kappa shape index (κ2) is 7.08. The van der Waals surface area contributed by atoms with Crippen LogP contribution in [0, 0.1) is 0 Å². The standard InChI is InChI=1S/C18H13N5O4/c24-15-8-7-13(21-22-15)18(25)19-12-5-2-1-4-11(12)10-16-20-17(23-27-16)14-6-3-9-26-14/h1-9H,10H2,(H,19,25)(H,22,24). The third kappa shape index (κ3) is 3.66. The maximum absolute atomic E-state index is 12.3. The van der Waals surface area contributed by atoms with Gasteiger partial charge in [-0.2, -0.15) is 10.1 Å². The van der Waals surface area contributed by atoms with Crippen molar-refractivity contribution in [3.63, 3.8) is 0 Å². The molecular weight excluding hydrogens is 350 g/mol. The average molecular weight is 363 g/mol. The van der Waals surface area contributed by atoms with Gasteiger partial charge in [0.2, 0.25) is 11.7 Å². The van der Waals surface area contributed by atoms with E-state index in [0.29, 0.717) is 29.6 Å². The van der Waals surface area contributed by atoms with E-state index in [1.54, 1.807) is 24.3 Å². The van der Waals surface area contributed by atoms with Crippen LogP contribution in [0.4, 0.5) is 5.69 Å². The van der Waals surface area contributed by atoms with E-state index in [1.165, 1.54) is 18.4 Å². The molecule has 0 saturated heterocycles. The van der Waals surface area contributed by atoms with Crippen molar-refractivity contribution in [1.29, 1.82) is 0 Å². The number of hydrogen-bond acceptors (Lipinski definition) is 7. The molecular formula is C18H13N5O4. The number of aromatic nitrogens is 4. The molecule has 0 fully saturated rings. The Morgan fingerprint density at radius 1 is 1.11 bits per heavy atom. The first-order valence-electron chi connectivity index (χ1n) is 8.00. The Labute approximate surface area is 152 Å². The van der Waals surface area contributed by atoms with Gasteiger partial charge in [-0.15, -0.1) is 0 Å². The zero-order valence-corrected chi connectivity index (χ0v) is 13.9. The zero-order chi connectivity index (χ0) is 18.6. The molecule has 0 aliphatic rings. The third-order valence-electron chi connectivity index (χ3n) is 3.73. The quantitative estimate of drug-likeness (QED) is 0.557. The molecule has 1 amide bonds. The molecule has 27 heavy (non-hydrogen) atoms. The number of rotatable bonds is 5. The number of H-pyrrole nitrogens is 1. The Morgan fingerprint density at radius 3 is 2.78 bits per heavy atom. The van der Waals surface area contributed by atoms with E-state index in [9.17, 15) is 9.59 Å². The summed E-state index contributed by atoms with van der Waals surface area (Å²) in [7, 11) is 0. The first kappa shape index (κ1) is 16.5. The molecule has 1 aromatic carbocycles. The summed E-state index contributed by atoms with van der Waals surface area (Å²) in [4.78, 5) is 27.7. The summed E-state index contributed by atoms with van der Waals surface area (Å²) in [5.74, 6) is 0.801. The van der Waals surface area contributed by atoms with Crippen molar-refractivity contribution in [3.8, 4) is 11.6 Å². The molecule has 9 heteroatoms. The average Bonchev–Trinajstić information content (AvgIpc) is 3.35. The van der Waals surface area contributed by atoms with Crippen LogP contribution in [0.5, 0.6) is 0 Å². The van der Waals surface area contributed by atoms with Crippen molar-refractivity contribution >= 4 is 11.6 Å². The highest BCUT2D eigenvalue weighted by Crippen LogP contribution is 2.21. The lowest BCUT2D eigenvalue weighted by molar-refractivity contribution is 0.102. The second-order valence-corrected chi connectivity index (χ2v) is 5.58. The smallest absolute Gasteiger partial charge is 0.276 e. The fourth-order valence-corrected chi connectivity index (χ4v) is 2.45. The fraction of sp³-hybridized carbons (Fsp3) is 0.0556. The summed E-state index contributed by atoms with van der Waals surface area (Å²) in [5, 5.41) is 12.6. The molecule has 2 N–H and O–H groups in total. The molecule has 0 radical (unpaired) electrons. The molecule has 0 spiro atoms. The van der Waals surface area contributed by atoms with Gasteiger partial charge >= 0.3 is 0 Å². The first-order chi connectivity index (χ1) is 13.2. The SMILES string of the molecule is O=C(Nc1ccccc1Cc1nc(-c2ccco2)no1)c1ccc(=O)[nH]n1. The topological polar surface area (TPSA) is 127 Å². The van der Waals surface area contributed by atoms with E-state index in [0.717, 1.165) is 5.56 Å². The van der Waals surface area contributed by atoms with E-state index in [-0.39, 0.29) is 11.3 Å². The van der Waals surface area contributed by atoms with Crippen molar-refractivity contribution in [3.05, 3.63) is 82.3 Å². The molecule has 3 aromatic heterocycles. The number of aromatic amines is 1. The highest BCUT2D eigenvalue weighted by molar-refractivity contribution is 6.03. The summed E-state index contributed by atoms with van der Waals surface area (Å²) in [6.45, 7) is 0. The van der Waals surface area contributed by atoms with Gasteiger partial charge in [-0.3, -0.25) is 9.59 Å². The molecule has 4 rings (SSSR count). The van der Waals surface area contributed by atoms with E-state index in [4.69, 9.17) is 8.94 Å². The predicted molar refractivity (Wildman–Crippen MR) is 94.1 cm³/mol. The van der Waals surface area contributed by atoms with Crippen molar-refractivity contribution in [2.75, 3.05) is 5.32 Å². The van der Waals surface area contributed by atoms with Crippen LogP contribution in [-0.4, -0.2) is 26.2 Å². The minimum absolute atomic E-state index is 0.0994. The number of para-hydroxylation sites is 1. The number of furan rings is 1. The lowest BCUT2D eigenvalue weighted by Crippen LogP contribution is -2.18. The van der Waals surface area contributed by atoms with Gasteiger partial charge in [0.05, 0.1) is 12.7 Å². The van der Waals surface area contributed by atoms with Crippen molar-refractivity contribution < 1.29 is 13.7 Å². The van der Waals surface area contributed by atoms with Crippen LogP contribution < -0.4 is 10.9 Å². The molecule has 4 aromatic rings. The lowest BCUT2D eigenvalue weighted by Gasteiger charge is -2.09. The Hall–Kier alpha value is -4.01. The van der Waals surface area contributed by atoms with Crippen LogP contribution in [0.2, 0.25) is 0 Å². The summed E-state index contributed by atoms with van der Waals surface area (Å²) in [5.41, 5.74) is 1.08. The number of benzene rings is 1. The number of nitrogens with zero attached hydrogens (tertiary/aromatic N) is 3. The molecule has 0 unspecified atom stereocenters. The van der Waals surface area contributed by atoms with Crippen LogP contribution in [0.25, 0.3) is 11.6 Å². The molecule has 0 atom stereocenters. The summed E-state index contributed by atoms with van der Waals surface area (Å²) in [6.07, 6.45) is 1.85. The monoisotopic (exact) mass is 363 g/mol. The minimum Gasteiger partial charge on any atom is -0.461 e. The van der Waals surface area contributed by atoms with E-state index < -0.39 is 5.91 Å². The first-order valence-corrected chi connectivity index (χ1v) is 8.00. The molecule has 0 aliphatic heterocycles. The number of carbonyl (C=O) groups is 1. The molecule has 0 bridgehead atoms. The van der Waals surface area contributed by atoms with Gasteiger partial charge in [0.25, 0.3) is 11.5 Å². The van der Waals surface area contributed by atoms with Gasteiger partial charge in [-0.1, -0.05) is 23.4 Å². The molecule has 0 aliphatic carbocycles. The lowest BCUT2D eigenvalue weighted by atomic mass is 10.1. The number of nitrogens with one attached hydrogen (secondary N) is 2. The maximum atomic E-state index is 12.3. The van der Waals surface area contributed by atoms with Gasteiger partial charge in [0, 0.05) is 11.8 Å². The fourth-order valence-electron chi connectivity index (χ4n) is 2.45. The van der Waals surface area contributed by atoms with Crippen LogP contribution >= 0.6 is 0 Å². The van der Waals surface area contributed by atoms with Crippen molar-refractivity contribution in [1.82, 2.24) is 20.3 Å². The number of amides is 1. The number of carbonyl (C=O) groups excluding carboxylic acids is 1.